The van der Waals surface area contributed by atoms with Gasteiger partial charge < -0.3 is 4.90 Å². The van der Waals surface area contributed by atoms with Gasteiger partial charge in [-0.15, -0.1) is 11.3 Å². The Morgan fingerprint density at radius 1 is 0.509 bits per heavy atom. The molecule has 0 aliphatic heterocycles. The fourth-order valence-corrected chi connectivity index (χ4v) is 10.5. The van der Waals surface area contributed by atoms with Gasteiger partial charge in [0, 0.05) is 49.3 Å². The van der Waals surface area contributed by atoms with Crippen molar-refractivity contribution in [3.63, 3.8) is 0 Å². The zero-order valence-corrected chi connectivity index (χ0v) is 30.9. The molecule has 0 atom stereocenters. The van der Waals surface area contributed by atoms with Gasteiger partial charge in [-0.2, -0.15) is 0 Å². The number of benzene rings is 6. The summed E-state index contributed by atoms with van der Waals surface area (Å²) >= 11 is 1.66. The lowest BCUT2D eigenvalue weighted by Crippen LogP contribution is -2.26. The largest absolute Gasteiger partial charge is 0.310 e. The molecule has 6 aromatic carbocycles. The average Bonchev–Trinajstić information content (AvgIpc) is 3.89. The number of para-hydroxylation sites is 1. The van der Waals surface area contributed by atoms with Gasteiger partial charge in [0.1, 0.15) is 0 Å². The van der Waals surface area contributed by atoms with E-state index in [0.717, 1.165) is 54.5 Å². The maximum atomic E-state index is 13.9. The van der Waals surface area contributed by atoms with E-state index in [0.29, 0.717) is 11.1 Å². The fourth-order valence-electron chi connectivity index (χ4n) is 9.35. The molecule has 2 aromatic heterocycles. The summed E-state index contributed by atoms with van der Waals surface area (Å²) in [4.78, 5) is 36.8. The van der Waals surface area contributed by atoms with Crippen molar-refractivity contribution in [3.8, 4) is 21.6 Å². The van der Waals surface area contributed by atoms with Crippen LogP contribution < -0.4 is 4.90 Å². The molecule has 4 nitrogen and oxygen atoms in total. The number of aromatic nitrogens is 1. The van der Waals surface area contributed by atoms with Crippen molar-refractivity contribution >= 4 is 56.8 Å². The molecule has 260 valence electrons. The van der Waals surface area contributed by atoms with Gasteiger partial charge in [0.2, 0.25) is 0 Å². The molecule has 5 heteroatoms. The maximum Gasteiger partial charge on any atom is 0.197 e. The van der Waals surface area contributed by atoms with Crippen LogP contribution in [-0.2, 0) is 5.41 Å². The number of hydrogen-bond acceptors (Lipinski definition) is 5. The highest BCUT2D eigenvalue weighted by Gasteiger charge is 2.53. The standard InChI is InChI=1S/C50H32N2O2S/c1-29-22-35(23-30(2)51-29)52(33-14-4-3-5-15-33)34-20-21-39-45(26-34)50(43-18-10-8-16-37(43)38-17-9-11-19-44(38)50)46-28-36(55-49(39)46)27-42-47(53)40-24-31-12-6-7-13-32(31)25-41(40)48(42)54/h3-28H,1-2H3. The predicted octanol–water partition coefficient (Wildman–Crippen LogP) is 12.2. The monoisotopic (exact) mass is 724 g/mol. The number of aryl methyl sites for hydroxylation is 2. The molecule has 0 unspecified atom stereocenters. The number of hydrogen-bond donors (Lipinski definition) is 0. The molecule has 0 bridgehead atoms. The van der Waals surface area contributed by atoms with Gasteiger partial charge in [-0.25, -0.2) is 0 Å². The number of ketones is 2. The van der Waals surface area contributed by atoms with Gasteiger partial charge in [0.15, 0.2) is 11.6 Å². The molecule has 0 saturated carbocycles. The number of rotatable bonds is 4. The van der Waals surface area contributed by atoms with Crippen LogP contribution in [0.4, 0.5) is 17.1 Å². The van der Waals surface area contributed by atoms with Gasteiger partial charge >= 0.3 is 0 Å². The number of fused-ring (bicyclic) bond motifs is 12. The quantitative estimate of drug-likeness (QED) is 0.134. The molecule has 8 aromatic rings. The van der Waals surface area contributed by atoms with Crippen LogP contribution in [0, 0.1) is 13.8 Å². The lowest BCUT2D eigenvalue weighted by atomic mass is 9.71. The summed E-state index contributed by atoms with van der Waals surface area (Å²) in [6, 6.07) is 53.0. The third kappa shape index (κ3) is 4.48. The van der Waals surface area contributed by atoms with Gasteiger partial charge in [-0.3, -0.25) is 14.6 Å². The van der Waals surface area contributed by atoms with Gasteiger partial charge in [-0.05, 0) is 124 Å². The summed E-state index contributed by atoms with van der Waals surface area (Å²) in [6.45, 7) is 4.09. The summed E-state index contributed by atoms with van der Waals surface area (Å²) in [6.07, 6.45) is 1.83. The Morgan fingerprint density at radius 3 is 1.73 bits per heavy atom. The Labute approximate surface area is 322 Å². The zero-order valence-electron chi connectivity index (χ0n) is 30.1. The summed E-state index contributed by atoms with van der Waals surface area (Å²) in [5.74, 6) is -0.420. The number of carbonyl (C=O) groups excluding carboxylic acids is 2. The summed E-state index contributed by atoms with van der Waals surface area (Å²) in [5.41, 5.74) is 14.2. The Hall–Kier alpha value is -6.69. The molecular formula is C50H32N2O2S. The number of thiophene rings is 1. The number of carbonyl (C=O) groups is 2. The van der Waals surface area contributed by atoms with E-state index in [-0.39, 0.29) is 17.1 Å². The lowest BCUT2D eigenvalue weighted by Gasteiger charge is -2.32. The van der Waals surface area contributed by atoms with Crippen molar-refractivity contribution in [2.45, 2.75) is 19.3 Å². The van der Waals surface area contributed by atoms with Gasteiger partial charge in [0.25, 0.3) is 0 Å². The zero-order chi connectivity index (χ0) is 37.0. The number of pyridine rings is 1. The fraction of sp³-hybridized carbons (Fsp3) is 0.0600. The smallest absolute Gasteiger partial charge is 0.197 e. The molecular weight excluding hydrogens is 693 g/mol. The molecule has 2 heterocycles. The molecule has 1 spiro atoms. The first-order chi connectivity index (χ1) is 26.9. The third-order valence-electron chi connectivity index (χ3n) is 11.5. The summed E-state index contributed by atoms with van der Waals surface area (Å²) in [7, 11) is 0. The molecule has 0 radical (unpaired) electrons. The van der Waals surface area contributed by atoms with E-state index in [4.69, 9.17) is 4.98 Å². The highest BCUT2D eigenvalue weighted by atomic mass is 32.1. The number of Topliss-reactive ketones (excluding diaryl/α,β-unsaturated/α-hetero) is 2. The minimum absolute atomic E-state index is 0.210. The van der Waals surface area contributed by atoms with Crippen LogP contribution in [0.15, 0.2) is 157 Å². The van der Waals surface area contributed by atoms with Crippen LogP contribution in [0.1, 0.15) is 59.2 Å². The van der Waals surface area contributed by atoms with Gasteiger partial charge in [-0.1, -0.05) is 97.1 Å². The van der Waals surface area contributed by atoms with E-state index in [9.17, 15) is 9.59 Å². The molecule has 0 saturated heterocycles. The number of anilines is 3. The second kappa shape index (κ2) is 11.7. The SMILES string of the molecule is Cc1cc(N(c2ccccc2)c2ccc3c(c2)C2(c4ccccc4-c4ccccc42)c2cc(C=C4C(=O)c5cc6ccccc6cc5C4=O)sc2-3)cc(C)n1. The van der Waals surface area contributed by atoms with Gasteiger partial charge in [0.05, 0.1) is 11.0 Å². The Morgan fingerprint density at radius 2 is 1.09 bits per heavy atom. The van der Waals surface area contributed by atoms with Crippen molar-refractivity contribution in [1.29, 1.82) is 0 Å². The van der Waals surface area contributed by atoms with E-state index < -0.39 is 5.41 Å². The first kappa shape index (κ1) is 31.8. The van der Waals surface area contributed by atoms with Crippen molar-refractivity contribution in [1.82, 2.24) is 4.98 Å². The second-order valence-electron chi connectivity index (χ2n) is 14.7. The van der Waals surface area contributed by atoms with Crippen LogP contribution >= 0.6 is 11.3 Å². The minimum atomic E-state index is -0.599. The van der Waals surface area contributed by atoms with E-state index in [2.05, 4.69) is 114 Å². The Kier molecular flexibility index (Phi) is 6.74. The van der Waals surface area contributed by atoms with Crippen LogP contribution in [-0.4, -0.2) is 16.6 Å². The molecule has 0 fully saturated rings. The minimum Gasteiger partial charge on any atom is -0.310 e. The van der Waals surface area contributed by atoms with Crippen molar-refractivity contribution in [2.24, 2.45) is 0 Å². The van der Waals surface area contributed by atoms with E-state index >= 15 is 0 Å². The molecule has 0 amide bonds. The first-order valence-corrected chi connectivity index (χ1v) is 19.3. The normalized spacial score (nSPS) is 14.2. The van der Waals surface area contributed by atoms with Crippen molar-refractivity contribution < 1.29 is 9.59 Å². The average molecular weight is 725 g/mol. The molecule has 3 aliphatic rings. The second-order valence-corrected chi connectivity index (χ2v) is 15.8. The number of nitrogens with zero attached hydrogens (tertiary/aromatic N) is 2. The van der Waals surface area contributed by atoms with Crippen molar-refractivity contribution in [3.05, 3.63) is 207 Å². The summed E-state index contributed by atoms with van der Waals surface area (Å²) in [5, 5.41) is 1.91. The topological polar surface area (TPSA) is 50.3 Å². The lowest BCUT2D eigenvalue weighted by molar-refractivity contribution is 0.0990. The number of allylic oxidation sites excluding steroid dienone is 1. The van der Waals surface area contributed by atoms with Crippen LogP contribution in [0.3, 0.4) is 0 Å². The summed E-state index contributed by atoms with van der Waals surface area (Å²) < 4.78 is 0. The van der Waals surface area contributed by atoms with E-state index in [1.54, 1.807) is 11.3 Å². The van der Waals surface area contributed by atoms with E-state index in [1.807, 2.05) is 62.4 Å². The van der Waals surface area contributed by atoms with Crippen LogP contribution in [0.2, 0.25) is 0 Å². The van der Waals surface area contributed by atoms with Crippen LogP contribution in [0.5, 0.6) is 0 Å². The molecule has 3 aliphatic carbocycles. The Balaban J connectivity index is 1.14. The van der Waals surface area contributed by atoms with Crippen LogP contribution in [0.25, 0.3) is 38.4 Å². The Bertz CT molecular complexity index is 2890. The maximum absolute atomic E-state index is 13.9. The predicted molar refractivity (Wildman–Crippen MR) is 223 cm³/mol. The highest BCUT2D eigenvalue weighted by molar-refractivity contribution is 7.16. The van der Waals surface area contributed by atoms with Crippen molar-refractivity contribution in [2.75, 3.05) is 4.90 Å². The third-order valence-corrected chi connectivity index (χ3v) is 12.6. The highest BCUT2D eigenvalue weighted by Crippen LogP contribution is 2.65. The van der Waals surface area contributed by atoms with E-state index in [1.165, 1.54) is 33.4 Å². The molecule has 11 rings (SSSR count). The first-order valence-electron chi connectivity index (χ1n) is 18.5. The molecule has 55 heavy (non-hydrogen) atoms. The molecule has 0 N–H and O–H groups in total.